The average Bonchev–Trinajstić information content (AvgIpc) is 3.17. The molecule has 34 heavy (non-hydrogen) atoms. The number of ketones is 1. The van der Waals surface area contributed by atoms with E-state index in [0.29, 0.717) is 6.42 Å². The number of benzene rings is 1. The van der Waals surface area contributed by atoms with Crippen LogP contribution in [0.1, 0.15) is 76.5 Å². The molecule has 2 heterocycles. The van der Waals surface area contributed by atoms with Gasteiger partial charge in [0, 0.05) is 12.3 Å². The maximum Gasteiger partial charge on any atom is 0.309 e. The molecule has 0 saturated heterocycles. The molecule has 0 aliphatic carbocycles. The topological polar surface area (TPSA) is 96.7 Å². The Morgan fingerprint density at radius 2 is 1.88 bits per heavy atom. The van der Waals surface area contributed by atoms with Crippen molar-refractivity contribution < 1.29 is 24.5 Å². The van der Waals surface area contributed by atoms with E-state index in [2.05, 4.69) is 11.1 Å². The molecule has 0 spiro atoms. The molecule has 0 fully saturated rings. The number of carbonyl (C=O) groups excluding carboxylic acids is 2. The van der Waals surface area contributed by atoms with E-state index in [1.807, 2.05) is 38.1 Å². The summed E-state index contributed by atoms with van der Waals surface area (Å²) in [4.78, 5) is 30.6. The molecule has 3 rings (SSSR count). The summed E-state index contributed by atoms with van der Waals surface area (Å²) in [7, 11) is 0. The second-order valence-corrected chi connectivity index (χ2v) is 11.4. The van der Waals surface area contributed by atoms with E-state index >= 15 is 0 Å². The summed E-state index contributed by atoms with van der Waals surface area (Å²) in [6.07, 6.45) is 4.31. The van der Waals surface area contributed by atoms with Crippen molar-refractivity contribution in [1.29, 1.82) is 0 Å². The van der Waals surface area contributed by atoms with Gasteiger partial charge >= 0.3 is 5.97 Å². The second-order valence-electron chi connectivity index (χ2n) is 10.1. The smallest absolute Gasteiger partial charge is 0.309 e. The number of rotatable bonds is 1. The Kier molecular flexibility index (Phi) is 8.66. The first-order chi connectivity index (χ1) is 16.0. The van der Waals surface area contributed by atoms with Crippen molar-refractivity contribution in [2.24, 2.45) is 17.3 Å². The molecule has 1 aromatic heterocycles. The molecule has 0 radical (unpaired) electrons. The van der Waals surface area contributed by atoms with Crippen LogP contribution in [0, 0.1) is 24.2 Å². The van der Waals surface area contributed by atoms with Crippen LogP contribution in [-0.2, 0) is 14.3 Å². The summed E-state index contributed by atoms with van der Waals surface area (Å²) in [5.41, 5.74) is 0.537. The van der Waals surface area contributed by atoms with Crippen LogP contribution in [0.5, 0.6) is 0 Å². The van der Waals surface area contributed by atoms with Gasteiger partial charge in [0.15, 0.2) is 0 Å². The number of ether oxygens (including phenoxy) is 1. The number of allylic oxidation sites excluding steroid dienone is 1. The van der Waals surface area contributed by atoms with E-state index < -0.39 is 35.6 Å². The van der Waals surface area contributed by atoms with Crippen LogP contribution in [0.2, 0.25) is 0 Å². The Morgan fingerprint density at radius 1 is 1.15 bits per heavy atom. The zero-order chi connectivity index (χ0) is 25.0. The Morgan fingerprint density at radius 3 is 2.62 bits per heavy atom. The van der Waals surface area contributed by atoms with Crippen LogP contribution in [0.15, 0.2) is 30.4 Å². The number of hydrogen-bond acceptors (Lipinski definition) is 7. The molecule has 0 amide bonds. The van der Waals surface area contributed by atoms with Crippen molar-refractivity contribution in [2.45, 2.75) is 85.0 Å². The number of fused-ring (bicyclic) bond motifs is 1. The highest BCUT2D eigenvalue weighted by atomic mass is 32.1. The lowest BCUT2D eigenvalue weighted by atomic mass is 9.73. The number of aromatic nitrogens is 1. The summed E-state index contributed by atoms with van der Waals surface area (Å²) in [5, 5.41) is 22.5. The molecule has 186 valence electrons. The number of nitrogens with zero attached hydrogens (tertiary/aromatic N) is 1. The number of hydrogen-bond donors (Lipinski definition) is 2. The van der Waals surface area contributed by atoms with Crippen LogP contribution in [0.25, 0.3) is 10.2 Å². The van der Waals surface area contributed by atoms with Crippen LogP contribution in [0.3, 0.4) is 0 Å². The number of thiazole rings is 1. The Hall–Kier alpha value is -2.09. The van der Waals surface area contributed by atoms with E-state index in [4.69, 9.17) is 4.74 Å². The van der Waals surface area contributed by atoms with Crippen LogP contribution < -0.4 is 0 Å². The van der Waals surface area contributed by atoms with Gasteiger partial charge in [-0.3, -0.25) is 9.59 Å². The summed E-state index contributed by atoms with van der Waals surface area (Å²) >= 11 is 1.62. The summed E-state index contributed by atoms with van der Waals surface area (Å²) in [5.74, 6) is -1.49. The van der Waals surface area contributed by atoms with Gasteiger partial charge in [0.05, 0.1) is 39.3 Å². The van der Waals surface area contributed by atoms with Gasteiger partial charge < -0.3 is 14.9 Å². The molecule has 2 N–H and O–H groups in total. The Balaban J connectivity index is 1.87. The molecule has 0 bridgehead atoms. The minimum Gasteiger partial charge on any atom is -0.457 e. The fourth-order valence-corrected chi connectivity index (χ4v) is 5.40. The summed E-state index contributed by atoms with van der Waals surface area (Å²) < 4.78 is 6.90. The number of carbonyl (C=O) groups is 2. The van der Waals surface area contributed by atoms with E-state index in [-0.39, 0.29) is 18.1 Å². The van der Waals surface area contributed by atoms with E-state index in [1.165, 1.54) is 0 Å². The van der Waals surface area contributed by atoms with Crippen molar-refractivity contribution in [3.63, 3.8) is 0 Å². The molecular weight excluding hydrogens is 450 g/mol. The number of aliphatic hydroxyl groups excluding tert-OH is 2. The molecule has 1 aliphatic rings. The van der Waals surface area contributed by atoms with Crippen molar-refractivity contribution in [1.82, 2.24) is 4.98 Å². The molecule has 1 aromatic carbocycles. The van der Waals surface area contributed by atoms with Gasteiger partial charge in [-0.1, -0.05) is 45.9 Å². The average molecular weight is 488 g/mol. The Bertz CT molecular complexity index is 1040. The molecule has 7 heteroatoms. The SMILES string of the molecule is Cc1nc2cc([C@@H]3C/C=C\CCC[C@H](C)C(O)[C@@H](C)C(=O)C(C)(C)[C@@H](O)CC(=O)O3)ccc2s1. The van der Waals surface area contributed by atoms with Crippen molar-refractivity contribution in [2.75, 3.05) is 0 Å². The minimum absolute atomic E-state index is 0.0424. The number of aryl methyl sites for hydroxylation is 1. The molecule has 1 unspecified atom stereocenters. The number of cyclic esters (lactones) is 1. The van der Waals surface area contributed by atoms with Crippen molar-refractivity contribution in [3.8, 4) is 0 Å². The van der Waals surface area contributed by atoms with E-state index in [0.717, 1.165) is 40.1 Å². The first kappa shape index (κ1) is 26.5. The number of aliphatic hydroxyl groups is 2. The summed E-state index contributed by atoms with van der Waals surface area (Å²) in [6, 6.07) is 5.91. The third kappa shape index (κ3) is 6.12. The first-order valence-electron chi connectivity index (χ1n) is 12.1. The predicted octanol–water partition coefficient (Wildman–Crippen LogP) is 5.30. The second kappa shape index (κ2) is 11.1. The highest BCUT2D eigenvalue weighted by molar-refractivity contribution is 7.18. The van der Waals surface area contributed by atoms with Crippen molar-refractivity contribution in [3.05, 3.63) is 40.9 Å². The van der Waals surface area contributed by atoms with Crippen LogP contribution in [0.4, 0.5) is 0 Å². The fourth-order valence-electron chi connectivity index (χ4n) is 4.60. The fraction of sp³-hybridized carbons (Fsp3) is 0.593. The van der Waals surface area contributed by atoms with Crippen LogP contribution >= 0.6 is 11.3 Å². The lowest BCUT2D eigenvalue weighted by Crippen LogP contribution is -2.45. The quantitative estimate of drug-likeness (QED) is 0.419. The third-order valence-electron chi connectivity index (χ3n) is 7.05. The Labute approximate surface area is 206 Å². The minimum atomic E-state index is -1.22. The van der Waals surface area contributed by atoms with Gasteiger partial charge in [-0.25, -0.2) is 4.98 Å². The molecule has 2 aromatic rings. The predicted molar refractivity (Wildman–Crippen MR) is 135 cm³/mol. The highest BCUT2D eigenvalue weighted by Gasteiger charge is 2.42. The highest BCUT2D eigenvalue weighted by Crippen LogP contribution is 2.33. The zero-order valence-corrected chi connectivity index (χ0v) is 21.6. The van der Waals surface area contributed by atoms with Gasteiger partial charge in [-0.05, 0) is 49.8 Å². The maximum atomic E-state index is 13.2. The van der Waals surface area contributed by atoms with E-state index in [1.54, 1.807) is 32.1 Å². The third-order valence-corrected chi connectivity index (χ3v) is 8.00. The zero-order valence-electron chi connectivity index (χ0n) is 20.8. The molecule has 5 atom stereocenters. The molecule has 6 nitrogen and oxygen atoms in total. The molecule has 0 saturated carbocycles. The lowest BCUT2D eigenvalue weighted by molar-refractivity contribution is -0.155. The summed E-state index contributed by atoms with van der Waals surface area (Å²) in [6.45, 7) is 8.87. The molecule has 1 aliphatic heterocycles. The van der Waals surface area contributed by atoms with Gasteiger partial charge in [0.25, 0.3) is 0 Å². The van der Waals surface area contributed by atoms with Crippen molar-refractivity contribution >= 4 is 33.3 Å². The lowest BCUT2D eigenvalue weighted by Gasteiger charge is -2.34. The van der Waals surface area contributed by atoms with Gasteiger partial charge in [-0.2, -0.15) is 0 Å². The van der Waals surface area contributed by atoms with Gasteiger partial charge in [0.1, 0.15) is 11.9 Å². The van der Waals surface area contributed by atoms with Gasteiger partial charge in [-0.15, -0.1) is 11.3 Å². The standard InChI is InChI=1S/C27H37NO5S/c1-16-10-8-6-7-9-11-21(19-12-13-22-20(14-19)28-18(3)34-22)33-24(30)15-23(29)27(4,5)26(32)17(2)25(16)31/h7,9,12-14,16-17,21,23,25,29,31H,6,8,10-11,15H2,1-5H3/b9-7-/t16-,17+,21-,23-,25?/m0/s1. The van der Waals surface area contributed by atoms with Crippen LogP contribution in [-0.4, -0.2) is 39.2 Å². The normalized spacial score (nSPS) is 30.7. The molecular formula is C27H37NO5S. The largest absolute Gasteiger partial charge is 0.457 e. The number of esters is 1. The first-order valence-corrected chi connectivity index (χ1v) is 12.9. The van der Waals surface area contributed by atoms with Gasteiger partial charge in [0.2, 0.25) is 0 Å². The number of Topliss-reactive ketones (excluding diaryl/α,β-unsaturated/α-hetero) is 1. The maximum absolute atomic E-state index is 13.2. The monoisotopic (exact) mass is 487 g/mol. The van der Waals surface area contributed by atoms with E-state index in [9.17, 15) is 19.8 Å².